The predicted molar refractivity (Wildman–Crippen MR) is 71.1 cm³/mol. The second kappa shape index (κ2) is 5.65. The lowest BCUT2D eigenvalue weighted by molar-refractivity contribution is 0.0191. The van der Waals surface area contributed by atoms with E-state index >= 15 is 0 Å². The van der Waals surface area contributed by atoms with Gasteiger partial charge in [-0.3, -0.25) is 0 Å². The molecule has 2 heteroatoms. The molecule has 2 rings (SSSR count). The highest BCUT2D eigenvalue weighted by molar-refractivity contribution is 5.23. The highest BCUT2D eigenvalue weighted by Gasteiger charge is 2.31. The lowest BCUT2D eigenvalue weighted by atomic mass is 9.75. The van der Waals surface area contributed by atoms with Crippen LogP contribution in [-0.4, -0.2) is 19.8 Å². The molecule has 1 heterocycles. The molecular weight excluding hydrogens is 210 g/mol. The maximum Gasteiger partial charge on any atom is 0.0471 e. The van der Waals surface area contributed by atoms with E-state index in [1.807, 2.05) is 0 Å². The molecule has 94 valence electrons. The summed E-state index contributed by atoms with van der Waals surface area (Å²) in [5, 5.41) is 0. The van der Waals surface area contributed by atoms with Gasteiger partial charge in [-0.25, -0.2) is 0 Å². The molecule has 0 radical (unpaired) electrons. The van der Waals surface area contributed by atoms with E-state index in [-0.39, 0.29) is 5.41 Å². The normalized spacial score (nSPS) is 19.2. The van der Waals surface area contributed by atoms with E-state index in [2.05, 4.69) is 31.2 Å². The molecule has 1 fully saturated rings. The Labute approximate surface area is 104 Å². The van der Waals surface area contributed by atoms with E-state index in [1.54, 1.807) is 0 Å². The Morgan fingerprint density at radius 2 is 1.71 bits per heavy atom. The second-order valence-corrected chi connectivity index (χ2v) is 5.16. The maximum atomic E-state index is 5.99. The molecule has 0 aromatic heterocycles. The Morgan fingerprint density at radius 1 is 1.12 bits per heavy atom. The van der Waals surface area contributed by atoms with Gasteiger partial charge >= 0.3 is 0 Å². The van der Waals surface area contributed by atoms with Crippen LogP contribution in [0.1, 0.15) is 30.9 Å². The summed E-state index contributed by atoms with van der Waals surface area (Å²) >= 11 is 0. The van der Waals surface area contributed by atoms with Crippen molar-refractivity contribution in [1.82, 2.24) is 0 Å². The molecule has 0 unspecified atom stereocenters. The van der Waals surface area contributed by atoms with E-state index in [4.69, 9.17) is 10.5 Å². The van der Waals surface area contributed by atoms with Crippen molar-refractivity contribution in [3.8, 4) is 0 Å². The minimum Gasteiger partial charge on any atom is -0.381 e. The minimum atomic E-state index is 0.270. The number of nitrogens with two attached hydrogens (primary N) is 1. The van der Waals surface area contributed by atoms with Crippen LogP contribution in [0, 0.1) is 5.41 Å². The Bertz CT molecular complexity index is 338. The summed E-state index contributed by atoms with van der Waals surface area (Å²) in [6.45, 7) is 4.69. The molecular formula is C15H23NO. The van der Waals surface area contributed by atoms with Crippen LogP contribution in [-0.2, 0) is 17.6 Å². The van der Waals surface area contributed by atoms with Crippen LogP contribution < -0.4 is 5.73 Å². The van der Waals surface area contributed by atoms with Gasteiger partial charge in [0.1, 0.15) is 0 Å². The zero-order valence-electron chi connectivity index (χ0n) is 10.7. The first kappa shape index (κ1) is 12.6. The number of benzene rings is 1. The molecule has 1 aliphatic heterocycles. The number of rotatable bonds is 4. The van der Waals surface area contributed by atoms with Crippen molar-refractivity contribution in [2.24, 2.45) is 11.1 Å². The highest BCUT2D eigenvalue weighted by Crippen LogP contribution is 2.33. The van der Waals surface area contributed by atoms with Crippen molar-refractivity contribution in [2.45, 2.75) is 32.6 Å². The van der Waals surface area contributed by atoms with Gasteiger partial charge in [0.2, 0.25) is 0 Å². The standard InChI is InChI=1S/C15H23NO/c1-2-13-3-5-14(6-4-13)11-15(12-16)7-9-17-10-8-15/h3-6H,2,7-12,16H2,1H3. The van der Waals surface area contributed by atoms with Gasteiger partial charge in [-0.15, -0.1) is 0 Å². The summed E-state index contributed by atoms with van der Waals surface area (Å²) < 4.78 is 5.45. The van der Waals surface area contributed by atoms with Gasteiger partial charge in [-0.1, -0.05) is 31.2 Å². The van der Waals surface area contributed by atoms with Crippen molar-refractivity contribution >= 4 is 0 Å². The first-order chi connectivity index (χ1) is 8.28. The van der Waals surface area contributed by atoms with Crippen molar-refractivity contribution < 1.29 is 4.74 Å². The van der Waals surface area contributed by atoms with Gasteiger partial charge in [0.15, 0.2) is 0 Å². The molecule has 0 bridgehead atoms. The lowest BCUT2D eigenvalue weighted by Crippen LogP contribution is -2.38. The van der Waals surface area contributed by atoms with Crippen LogP contribution >= 0.6 is 0 Å². The van der Waals surface area contributed by atoms with Gasteiger partial charge in [0, 0.05) is 13.2 Å². The fraction of sp³-hybridized carbons (Fsp3) is 0.600. The molecule has 1 aromatic carbocycles. The highest BCUT2D eigenvalue weighted by atomic mass is 16.5. The SMILES string of the molecule is CCc1ccc(CC2(CN)CCOCC2)cc1. The van der Waals surface area contributed by atoms with Gasteiger partial charge in [0.25, 0.3) is 0 Å². The van der Waals surface area contributed by atoms with E-state index in [1.165, 1.54) is 11.1 Å². The van der Waals surface area contributed by atoms with Gasteiger partial charge < -0.3 is 10.5 Å². The number of hydrogen-bond donors (Lipinski definition) is 1. The van der Waals surface area contributed by atoms with Crippen LogP contribution in [0.5, 0.6) is 0 Å². The summed E-state index contributed by atoms with van der Waals surface area (Å²) in [7, 11) is 0. The molecule has 1 aliphatic rings. The predicted octanol–water partition coefficient (Wildman–Crippen LogP) is 2.55. The topological polar surface area (TPSA) is 35.2 Å². The van der Waals surface area contributed by atoms with E-state index in [0.717, 1.165) is 45.4 Å². The first-order valence-corrected chi connectivity index (χ1v) is 6.64. The number of hydrogen-bond acceptors (Lipinski definition) is 2. The van der Waals surface area contributed by atoms with Crippen molar-refractivity contribution in [3.63, 3.8) is 0 Å². The Kier molecular flexibility index (Phi) is 4.19. The van der Waals surface area contributed by atoms with Crippen LogP contribution in [0.15, 0.2) is 24.3 Å². The second-order valence-electron chi connectivity index (χ2n) is 5.16. The molecule has 2 N–H and O–H groups in total. The molecule has 0 saturated carbocycles. The minimum absolute atomic E-state index is 0.270. The van der Waals surface area contributed by atoms with Crippen LogP contribution in [0.2, 0.25) is 0 Å². The van der Waals surface area contributed by atoms with Crippen molar-refractivity contribution in [2.75, 3.05) is 19.8 Å². The summed E-state index contributed by atoms with van der Waals surface area (Å²) in [6.07, 6.45) is 4.39. The lowest BCUT2D eigenvalue weighted by Gasteiger charge is -2.36. The van der Waals surface area contributed by atoms with Gasteiger partial charge in [-0.2, -0.15) is 0 Å². The molecule has 0 aliphatic carbocycles. The average molecular weight is 233 g/mol. The summed E-state index contributed by atoms with van der Waals surface area (Å²) in [6, 6.07) is 8.98. The van der Waals surface area contributed by atoms with E-state index in [9.17, 15) is 0 Å². The van der Waals surface area contributed by atoms with Gasteiger partial charge in [0.05, 0.1) is 0 Å². The van der Waals surface area contributed by atoms with Crippen LogP contribution in [0.4, 0.5) is 0 Å². The third-order valence-corrected chi connectivity index (χ3v) is 4.00. The van der Waals surface area contributed by atoms with Crippen molar-refractivity contribution in [1.29, 1.82) is 0 Å². The first-order valence-electron chi connectivity index (χ1n) is 6.64. The monoisotopic (exact) mass is 233 g/mol. The smallest absolute Gasteiger partial charge is 0.0471 e. The molecule has 0 amide bonds. The fourth-order valence-electron chi connectivity index (χ4n) is 2.58. The quantitative estimate of drug-likeness (QED) is 0.867. The zero-order valence-corrected chi connectivity index (χ0v) is 10.7. The van der Waals surface area contributed by atoms with Gasteiger partial charge in [-0.05, 0) is 48.8 Å². The third-order valence-electron chi connectivity index (χ3n) is 4.00. The molecule has 0 spiro atoms. The average Bonchev–Trinajstić information content (AvgIpc) is 2.41. The van der Waals surface area contributed by atoms with Crippen LogP contribution in [0.25, 0.3) is 0 Å². The Morgan fingerprint density at radius 3 is 2.24 bits per heavy atom. The fourth-order valence-corrected chi connectivity index (χ4v) is 2.58. The summed E-state index contributed by atoms with van der Waals surface area (Å²) in [4.78, 5) is 0. The largest absolute Gasteiger partial charge is 0.381 e. The Balaban J connectivity index is 2.06. The van der Waals surface area contributed by atoms with E-state index < -0.39 is 0 Å². The molecule has 1 saturated heterocycles. The number of ether oxygens (including phenoxy) is 1. The van der Waals surface area contributed by atoms with Crippen LogP contribution in [0.3, 0.4) is 0 Å². The number of aryl methyl sites for hydroxylation is 1. The maximum absolute atomic E-state index is 5.99. The van der Waals surface area contributed by atoms with E-state index in [0.29, 0.717) is 0 Å². The molecule has 2 nitrogen and oxygen atoms in total. The summed E-state index contributed by atoms with van der Waals surface area (Å²) in [5.74, 6) is 0. The third kappa shape index (κ3) is 3.08. The molecule has 1 aromatic rings. The molecule has 0 atom stereocenters. The molecule has 17 heavy (non-hydrogen) atoms. The summed E-state index contributed by atoms with van der Waals surface area (Å²) in [5.41, 5.74) is 9.07. The van der Waals surface area contributed by atoms with Crippen molar-refractivity contribution in [3.05, 3.63) is 35.4 Å². The zero-order chi connectivity index (χ0) is 12.1. The Hall–Kier alpha value is -0.860.